The summed E-state index contributed by atoms with van der Waals surface area (Å²) in [4.78, 5) is 27.1. The Bertz CT molecular complexity index is 955. The molecule has 2 amide bonds. The van der Waals surface area contributed by atoms with Crippen molar-refractivity contribution in [2.24, 2.45) is 0 Å². The number of benzene rings is 2. The Morgan fingerprint density at radius 1 is 1.21 bits per heavy atom. The van der Waals surface area contributed by atoms with Crippen molar-refractivity contribution in [2.45, 2.75) is 19.8 Å². The van der Waals surface area contributed by atoms with E-state index in [4.69, 9.17) is 17.0 Å². The van der Waals surface area contributed by atoms with Gasteiger partial charge in [0.1, 0.15) is 10.1 Å². The van der Waals surface area contributed by atoms with Gasteiger partial charge in [-0.2, -0.15) is 0 Å². The molecule has 0 spiro atoms. The number of thioether (sulfide) groups is 1. The molecule has 0 saturated carbocycles. The van der Waals surface area contributed by atoms with E-state index >= 15 is 0 Å². The molecule has 1 fully saturated rings. The largest absolute Gasteiger partial charge is 0.495 e. The second kappa shape index (κ2) is 9.71. The van der Waals surface area contributed by atoms with Crippen LogP contribution in [0, 0.1) is 0 Å². The van der Waals surface area contributed by atoms with E-state index in [2.05, 4.69) is 24.4 Å². The number of nitrogens with one attached hydrogen (secondary N) is 1. The zero-order valence-electron chi connectivity index (χ0n) is 16.3. The molecule has 1 aliphatic heterocycles. The average molecular weight is 427 g/mol. The number of amides is 2. The van der Waals surface area contributed by atoms with Crippen LogP contribution in [0.25, 0.3) is 6.08 Å². The maximum Gasteiger partial charge on any atom is 0.266 e. The SMILES string of the molecule is CCc1ccc(/C=C2\SC(=S)N(CCC(=O)Nc3ccccc3OC)C2=O)cc1. The lowest BCUT2D eigenvalue weighted by Gasteiger charge is -2.15. The van der Waals surface area contributed by atoms with Crippen molar-refractivity contribution in [3.8, 4) is 5.75 Å². The third kappa shape index (κ3) is 5.25. The smallest absolute Gasteiger partial charge is 0.266 e. The Balaban J connectivity index is 1.61. The molecule has 1 saturated heterocycles. The molecule has 2 aromatic rings. The summed E-state index contributed by atoms with van der Waals surface area (Å²) in [5, 5.41) is 2.81. The molecular weight excluding hydrogens is 404 g/mol. The van der Waals surface area contributed by atoms with Crippen LogP contribution >= 0.6 is 24.0 Å². The summed E-state index contributed by atoms with van der Waals surface area (Å²) < 4.78 is 5.70. The van der Waals surface area contributed by atoms with Gasteiger partial charge in [-0.05, 0) is 35.8 Å². The zero-order chi connectivity index (χ0) is 20.8. The summed E-state index contributed by atoms with van der Waals surface area (Å²) in [5.41, 5.74) is 2.80. The molecular formula is C22H22N2O3S2. The van der Waals surface area contributed by atoms with Crippen molar-refractivity contribution in [2.75, 3.05) is 19.0 Å². The normalized spacial score (nSPS) is 15.1. The molecule has 0 bridgehead atoms. The van der Waals surface area contributed by atoms with E-state index in [0.29, 0.717) is 20.7 Å². The molecule has 2 aromatic carbocycles. The van der Waals surface area contributed by atoms with Crippen LogP contribution < -0.4 is 10.1 Å². The van der Waals surface area contributed by atoms with Crippen molar-refractivity contribution in [1.29, 1.82) is 0 Å². The highest BCUT2D eigenvalue weighted by atomic mass is 32.2. The Morgan fingerprint density at radius 3 is 2.62 bits per heavy atom. The molecule has 1 heterocycles. The van der Waals surface area contributed by atoms with Gasteiger partial charge in [-0.3, -0.25) is 14.5 Å². The molecule has 5 nitrogen and oxygen atoms in total. The monoisotopic (exact) mass is 426 g/mol. The number of methoxy groups -OCH3 is 1. The summed E-state index contributed by atoms with van der Waals surface area (Å²) in [6, 6.07) is 15.3. The molecule has 1 aliphatic rings. The highest BCUT2D eigenvalue weighted by molar-refractivity contribution is 8.26. The van der Waals surface area contributed by atoms with Gasteiger partial charge in [0.05, 0.1) is 17.7 Å². The van der Waals surface area contributed by atoms with Crippen molar-refractivity contribution < 1.29 is 14.3 Å². The Hall–Kier alpha value is -2.64. The molecule has 0 radical (unpaired) electrons. The lowest BCUT2D eigenvalue weighted by Crippen LogP contribution is -2.31. The molecule has 0 unspecified atom stereocenters. The average Bonchev–Trinajstić information content (AvgIpc) is 3.00. The van der Waals surface area contributed by atoms with E-state index in [9.17, 15) is 9.59 Å². The van der Waals surface area contributed by atoms with Gasteiger partial charge in [0.2, 0.25) is 5.91 Å². The number of anilines is 1. The molecule has 150 valence electrons. The number of thiocarbonyl (C=S) groups is 1. The summed E-state index contributed by atoms with van der Waals surface area (Å²) in [5.74, 6) is 0.218. The molecule has 1 N–H and O–H groups in total. The summed E-state index contributed by atoms with van der Waals surface area (Å²) in [7, 11) is 1.55. The number of carbonyl (C=O) groups is 2. The van der Waals surface area contributed by atoms with Crippen molar-refractivity contribution in [1.82, 2.24) is 4.90 Å². The molecule has 0 aromatic heterocycles. The van der Waals surface area contributed by atoms with Gasteiger partial charge in [0.15, 0.2) is 0 Å². The molecule has 29 heavy (non-hydrogen) atoms. The van der Waals surface area contributed by atoms with Gasteiger partial charge in [0, 0.05) is 13.0 Å². The number of nitrogens with zero attached hydrogens (tertiary/aromatic N) is 1. The quantitative estimate of drug-likeness (QED) is 0.522. The highest BCUT2D eigenvalue weighted by Gasteiger charge is 2.32. The molecule has 7 heteroatoms. The molecule has 0 aliphatic carbocycles. The topological polar surface area (TPSA) is 58.6 Å². The maximum atomic E-state index is 12.7. The third-order valence-corrected chi connectivity index (χ3v) is 5.88. The van der Waals surface area contributed by atoms with E-state index in [1.54, 1.807) is 19.2 Å². The van der Waals surface area contributed by atoms with Crippen molar-refractivity contribution >= 4 is 51.9 Å². The number of para-hydroxylation sites is 2. The lowest BCUT2D eigenvalue weighted by molar-refractivity contribution is -0.122. The molecule has 3 rings (SSSR count). The van der Waals surface area contributed by atoms with Crippen LogP contribution in [0.2, 0.25) is 0 Å². The van der Waals surface area contributed by atoms with Crippen LogP contribution in [0.1, 0.15) is 24.5 Å². The Labute approximate surface area is 180 Å². The second-order valence-electron chi connectivity index (χ2n) is 6.43. The maximum absolute atomic E-state index is 12.7. The zero-order valence-corrected chi connectivity index (χ0v) is 17.9. The van der Waals surface area contributed by atoms with Crippen LogP contribution in [0.3, 0.4) is 0 Å². The Morgan fingerprint density at radius 2 is 1.93 bits per heavy atom. The highest BCUT2D eigenvalue weighted by Crippen LogP contribution is 2.32. The van der Waals surface area contributed by atoms with Gasteiger partial charge >= 0.3 is 0 Å². The number of hydrogen-bond donors (Lipinski definition) is 1. The fourth-order valence-corrected chi connectivity index (χ4v) is 4.18. The third-order valence-electron chi connectivity index (χ3n) is 4.50. The summed E-state index contributed by atoms with van der Waals surface area (Å²) in [6.45, 7) is 2.34. The minimum Gasteiger partial charge on any atom is -0.495 e. The Kier molecular flexibility index (Phi) is 7.06. The van der Waals surface area contributed by atoms with E-state index in [0.717, 1.165) is 12.0 Å². The predicted octanol–water partition coefficient (Wildman–Crippen LogP) is 4.49. The van der Waals surface area contributed by atoms with Gasteiger partial charge < -0.3 is 10.1 Å². The first-order valence-corrected chi connectivity index (χ1v) is 10.5. The van der Waals surface area contributed by atoms with Crippen LogP contribution in [0.4, 0.5) is 5.69 Å². The van der Waals surface area contributed by atoms with Crippen LogP contribution in [-0.4, -0.2) is 34.7 Å². The molecule has 0 atom stereocenters. The number of carbonyl (C=O) groups excluding carboxylic acids is 2. The summed E-state index contributed by atoms with van der Waals surface area (Å²) >= 11 is 6.61. The van der Waals surface area contributed by atoms with Gasteiger partial charge in [0.25, 0.3) is 5.91 Å². The van der Waals surface area contributed by atoms with E-state index in [1.165, 1.54) is 22.2 Å². The number of ether oxygens (including phenoxy) is 1. The first-order valence-electron chi connectivity index (χ1n) is 9.29. The summed E-state index contributed by atoms with van der Waals surface area (Å²) in [6.07, 6.45) is 2.95. The number of rotatable bonds is 7. The van der Waals surface area contributed by atoms with Crippen molar-refractivity contribution in [3.05, 3.63) is 64.6 Å². The number of hydrogen-bond acceptors (Lipinski definition) is 5. The van der Waals surface area contributed by atoms with Crippen LogP contribution in [0.15, 0.2) is 53.4 Å². The van der Waals surface area contributed by atoms with E-state index < -0.39 is 0 Å². The first-order chi connectivity index (χ1) is 14.0. The van der Waals surface area contributed by atoms with Gasteiger partial charge in [-0.1, -0.05) is 67.3 Å². The fraction of sp³-hybridized carbons (Fsp3) is 0.227. The fourth-order valence-electron chi connectivity index (χ4n) is 2.87. The van der Waals surface area contributed by atoms with Gasteiger partial charge in [-0.25, -0.2) is 0 Å². The van der Waals surface area contributed by atoms with E-state index in [-0.39, 0.29) is 24.8 Å². The van der Waals surface area contributed by atoms with Gasteiger partial charge in [-0.15, -0.1) is 0 Å². The van der Waals surface area contributed by atoms with E-state index in [1.807, 2.05) is 30.3 Å². The minimum absolute atomic E-state index is 0.142. The minimum atomic E-state index is -0.206. The van der Waals surface area contributed by atoms with Crippen LogP contribution in [0.5, 0.6) is 5.75 Å². The standard InChI is InChI=1S/C22H22N2O3S2/c1-3-15-8-10-16(11-9-15)14-19-21(26)24(22(28)29-19)13-12-20(25)23-17-6-4-5-7-18(17)27-2/h4-11,14H,3,12-13H2,1-2H3,(H,23,25)/b19-14-. The van der Waals surface area contributed by atoms with Crippen molar-refractivity contribution in [3.63, 3.8) is 0 Å². The second-order valence-corrected chi connectivity index (χ2v) is 8.10. The number of aryl methyl sites for hydroxylation is 1. The predicted molar refractivity (Wildman–Crippen MR) is 122 cm³/mol. The first kappa shape index (κ1) is 21.1. The lowest BCUT2D eigenvalue weighted by atomic mass is 10.1. The van der Waals surface area contributed by atoms with Crippen LogP contribution in [-0.2, 0) is 16.0 Å².